The standard InChI is InChI=1S/C19H23N5O3S/c1-12-17(13(2)23(3)22-12)21-16(26)11-28-19-20-15-8-5-4-7-14(15)18(27)24(19)9-6-10-25/h4-5,7-8,25H,6,9-11H2,1-3H3,(H,21,26). The Balaban J connectivity index is 1.82. The molecule has 1 aromatic carbocycles. The molecule has 1 amide bonds. The van der Waals surface area contributed by atoms with Gasteiger partial charge in [0.15, 0.2) is 5.16 Å². The molecule has 8 nitrogen and oxygen atoms in total. The topological polar surface area (TPSA) is 102 Å². The molecule has 0 fully saturated rings. The maximum Gasteiger partial charge on any atom is 0.262 e. The Kier molecular flexibility index (Phi) is 6.15. The third kappa shape index (κ3) is 4.10. The zero-order valence-electron chi connectivity index (χ0n) is 16.1. The van der Waals surface area contributed by atoms with Gasteiger partial charge in [0.1, 0.15) is 0 Å². The number of hydrogen-bond acceptors (Lipinski definition) is 6. The van der Waals surface area contributed by atoms with Crippen LogP contribution in [-0.4, -0.2) is 42.7 Å². The average molecular weight is 401 g/mol. The number of hydrogen-bond donors (Lipinski definition) is 2. The van der Waals surface area contributed by atoms with Crippen molar-refractivity contribution in [2.75, 3.05) is 17.7 Å². The number of thioether (sulfide) groups is 1. The van der Waals surface area contributed by atoms with Crippen LogP contribution in [0, 0.1) is 13.8 Å². The van der Waals surface area contributed by atoms with Crippen molar-refractivity contribution in [2.24, 2.45) is 7.05 Å². The normalized spacial score (nSPS) is 11.1. The van der Waals surface area contributed by atoms with Gasteiger partial charge in [-0.25, -0.2) is 4.98 Å². The SMILES string of the molecule is Cc1nn(C)c(C)c1NC(=O)CSc1nc2ccccc2c(=O)n1CCCO. The van der Waals surface area contributed by atoms with Gasteiger partial charge in [-0.1, -0.05) is 23.9 Å². The van der Waals surface area contributed by atoms with E-state index in [1.165, 1.54) is 16.3 Å². The second kappa shape index (κ2) is 8.57. The Morgan fingerprint density at radius 1 is 1.29 bits per heavy atom. The van der Waals surface area contributed by atoms with Gasteiger partial charge in [0.25, 0.3) is 5.56 Å². The first-order valence-corrected chi connectivity index (χ1v) is 9.94. The first-order chi connectivity index (χ1) is 13.4. The molecular formula is C19H23N5O3S. The highest BCUT2D eigenvalue weighted by atomic mass is 32.2. The number of fused-ring (bicyclic) bond motifs is 1. The highest BCUT2D eigenvalue weighted by molar-refractivity contribution is 7.99. The Hall–Kier alpha value is -2.65. The van der Waals surface area contributed by atoms with Crippen LogP contribution in [0.4, 0.5) is 5.69 Å². The maximum absolute atomic E-state index is 12.8. The Morgan fingerprint density at radius 3 is 2.71 bits per heavy atom. The quantitative estimate of drug-likeness (QED) is 0.463. The highest BCUT2D eigenvalue weighted by Crippen LogP contribution is 2.21. The van der Waals surface area contributed by atoms with Crippen molar-refractivity contribution in [3.05, 3.63) is 46.0 Å². The second-order valence-electron chi connectivity index (χ2n) is 6.45. The van der Waals surface area contributed by atoms with Crippen molar-refractivity contribution in [1.29, 1.82) is 0 Å². The van der Waals surface area contributed by atoms with Crippen molar-refractivity contribution < 1.29 is 9.90 Å². The van der Waals surface area contributed by atoms with E-state index in [0.717, 1.165) is 11.4 Å². The van der Waals surface area contributed by atoms with Crippen LogP contribution < -0.4 is 10.9 Å². The van der Waals surface area contributed by atoms with Gasteiger partial charge in [-0.2, -0.15) is 5.10 Å². The lowest BCUT2D eigenvalue weighted by molar-refractivity contribution is -0.113. The fraction of sp³-hybridized carbons (Fsp3) is 0.368. The Labute approximate surface area is 166 Å². The Morgan fingerprint density at radius 2 is 2.04 bits per heavy atom. The van der Waals surface area contributed by atoms with Gasteiger partial charge in [-0.3, -0.25) is 18.8 Å². The third-order valence-corrected chi connectivity index (χ3v) is 5.45. The molecule has 0 radical (unpaired) electrons. The molecule has 0 spiro atoms. The summed E-state index contributed by atoms with van der Waals surface area (Å²) in [6, 6.07) is 7.12. The largest absolute Gasteiger partial charge is 0.396 e. The molecule has 0 atom stereocenters. The molecule has 3 aromatic rings. The van der Waals surface area contributed by atoms with Gasteiger partial charge in [-0.05, 0) is 32.4 Å². The molecule has 9 heteroatoms. The van der Waals surface area contributed by atoms with Crippen LogP contribution in [0.3, 0.4) is 0 Å². The predicted molar refractivity (Wildman–Crippen MR) is 110 cm³/mol. The van der Waals surface area contributed by atoms with Crippen molar-refractivity contribution in [2.45, 2.75) is 32.0 Å². The van der Waals surface area contributed by atoms with Crippen molar-refractivity contribution in [1.82, 2.24) is 19.3 Å². The molecule has 2 heterocycles. The summed E-state index contributed by atoms with van der Waals surface area (Å²) < 4.78 is 3.24. The fourth-order valence-corrected chi connectivity index (χ4v) is 3.77. The molecular weight excluding hydrogens is 378 g/mol. The summed E-state index contributed by atoms with van der Waals surface area (Å²) >= 11 is 1.20. The summed E-state index contributed by atoms with van der Waals surface area (Å²) in [5.74, 6) is -0.0853. The molecule has 3 rings (SSSR count). The minimum atomic E-state index is -0.194. The van der Waals surface area contributed by atoms with E-state index in [1.807, 2.05) is 27.0 Å². The van der Waals surface area contributed by atoms with Gasteiger partial charge >= 0.3 is 0 Å². The second-order valence-corrected chi connectivity index (χ2v) is 7.39. The minimum Gasteiger partial charge on any atom is -0.396 e. The number of carbonyl (C=O) groups excluding carboxylic acids is 1. The summed E-state index contributed by atoms with van der Waals surface area (Å²) in [5, 5.41) is 17.3. The van der Waals surface area contributed by atoms with Gasteiger partial charge in [0.05, 0.1) is 33.7 Å². The van der Waals surface area contributed by atoms with Crippen LogP contribution >= 0.6 is 11.8 Å². The van der Waals surface area contributed by atoms with E-state index < -0.39 is 0 Å². The number of anilines is 1. The number of aliphatic hydroxyl groups excluding tert-OH is 1. The maximum atomic E-state index is 12.8. The van der Waals surface area contributed by atoms with E-state index >= 15 is 0 Å². The van der Waals surface area contributed by atoms with E-state index in [0.29, 0.717) is 34.7 Å². The van der Waals surface area contributed by atoms with E-state index in [-0.39, 0.29) is 23.8 Å². The van der Waals surface area contributed by atoms with Crippen LogP contribution in [0.2, 0.25) is 0 Å². The number of aromatic nitrogens is 4. The van der Waals surface area contributed by atoms with Gasteiger partial charge in [0.2, 0.25) is 5.91 Å². The average Bonchev–Trinajstić information content (AvgIpc) is 2.92. The fourth-order valence-electron chi connectivity index (χ4n) is 2.94. The molecule has 2 N–H and O–H groups in total. The van der Waals surface area contributed by atoms with Crippen molar-refractivity contribution in [3.8, 4) is 0 Å². The summed E-state index contributed by atoms with van der Waals surface area (Å²) in [6.45, 7) is 4.05. The number of amides is 1. The summed E-state index contributed by atoms with van der Waals surface area (Å²) in [5.41, 5.74) is 2.76. The molecule has 0 unspecified atom stereocenters. The van der Waals surface area contributed by atoms with Crippen molar-refractivity contribution >= 4 is 34.3 Å². The first-order valence-electron chi connectivity index (χ1n) is 8.95. The molecule has 148 valence electrons. The van der Waals surface area contributed by atoms with E-state index in [2.05, 4.69) is 15.4 Å². The molecule has 28 heavy (non-hydrogen) atoms. The highest BCUT2D eigenvalue weighted by Gasteiger charge is 2.15. The number of aryl methyl sites for hydroxylation is 2. The molecule has 0 bridgehead atoms. The van der Waals surface area contributed by atoms with Crippen LogP contribution in [-0.2, 0) is 18.4 Å². The molecule has 0 saturated heterocycles. The molecule has 2 aromatic heterocycles. The van der Waals surface area contributed by atoms with E-state index in [1.54, 1.807) is 22.9 Å². The van der Waals surface area contributed by atoms with E-state index in [9.17, 15) is 9.59 Å². The summed E-state index contributed by atoms with van der Waals surface area (Å²) in [6.07, 6.45) is 0.438. The monoisotopic (exact) mass is 401 g/mol. The molecule has 0 aliphatic carbocycles. The smallest absolute Gasteiger partial charge is 0.262 e. The number of nitrogens with zero attached hydrogens (tertiary/aromatic N) is 4. The number of para-hydroxylation sites is 1. The van der Waals surface area contributed by atoms with E-state index in [4.69, 9.17) is 5.11 Å². The minimum absolute atomic E-state index is 0.0244. The van der Waals surface area contributed by atoms with Crippen LogP contribution in [0.15, 0.2) is 34.2 Å². The van der Waals surface area contributed by atoms with Gasteiger partial charge < -0.3 is 10.4 Å². The van der Waals surface area contributed by atoms with Crippen LogP contribution in [0.1, 0.15) is 17.8 Å². The number of carbonyl (C=O) groups is 1. The Bertz CT molecular complexity index is 1070. The van der Waals surface area contributed by atoms with Gasteiger partial charge in [-0.15, -0.1) is 0 Å². The number of rotatable bonds is 7. The zero-order valence-corrected chi connectivity index (χ0v) is 16.9. The van der Waals surface area contributed by atoms with Gasteiger partial charge in [0, 0.05) is 20.2 Å². The lowest BCUT2D eigenvalue weighted by Crippen LogP contribution is -2.25. The van der Waals surface area contributed by atoms with Crippen LogP contribution in [0.5, 0.6) is 0 Å². The molecule has 0 saturated carbocycles. The number of aliphatic hydroxyl groups is 1. The first kappa shape index (κ1) is 20.1. The predicted octanol–water partition coefficient (Wildman–Crippen LogP) is 1.86. The summed E-state index contributed by atoms with van der Waals surface area (Å²) in [4.78, 5) is 29.8. The molecule has 0 aliphatic rings. The summed E-state index contributed by atoms with van der Waals surface area (Å²) in [7, 11) is 1.82. The number of benzene rings is 1. The zero-order chi connectivity index (χ0) is 20.3. The third-order valence-electron chi connectivity index (χ3n) is 4.47. The van der Waals surface area contributed by atoms with Crippen LogP contribution in [0.25, 0.3) is 10.9 Å². The lowest BCUT2D eigenvalue weighted by Gasteiger charge is -2.12. The number of nitrogens with one attached hydrogen (secondary N) is 1. The lowest BCUT2D eigenvalue weighted by atomic mass is 10.2. The molecule has 0 aliphatic heterocycles. The van der Waals surface area contributed by atoms with Crippen molar-refractivity contribution in [3.63, 3.8) is 0 Å².